The highest BCUT2D eigenvalue weighted by atomic mass is 32.1. The molecule has 9 aromatic rings. The van der Waals surface area contributed by atoms with Crippen molar-refractivity contribution in [2.75, 3.05) is 0 Å². The summed E-state index contributed by atoms with van der Waals surface area (Å²) in [7, 11) is 0. The second kappa shape index (κ2) is 12.9. The number of fused-ring (bicyclic) bond motifs is 9. The lowest BCUT2D eigenvalue weighted by atomic mass is 10.1. The smallest absolute Gasteiger partial charge is 0.158 e. The van der Waals surface area contributed by atoms with Gasteiger partial charge in [0.2, 0.25) is 0 Å². The van der Waals surface area contributed by atoms with E-state index in [-0.39, 0.29) is 0 Å². The van der Waals surface area contributed by atoms with Crippen LogP contribution >= 0.6 is 11.3 Å². The molecule has 3 aromatic heterocycles. The van der Waals surface area contributed by atoms with E-state index in [4.69, 9.17) is 14.4 Å². The van der Waals surface area contributed by atoms with Crippen molar-refractivity contribution in [1.82, 2.24) is 4.57 Å². The first-order chi connectivity index (χ1) is 26.2. The van der Waals surface area contributed by atoms with Crippen LogP contribution in [0.3, 0.4) is 0 Å². The van der Waals surface area contributed by atoms with E-state index in [0.29, 0.717) is 24.6 Å². The molecule has 0 fully saturated rings. The number of furan rings is 1. The summed E-state index contributed by atoms with van der Waals surface area (Å²) in [5.41, 5.74) is 8.00. The monoisotopic (exact) mass is 700 g/mol. The molecule has 6 aromatic carbocycles. The van der Waals surface area contributed by atoms with Crippen LogP contribution in [0.25, 0.3) is 69.6 Å². The van der Waals surface area contributed by atoms with Crippen LogP contribution in [-0.4, -0.2) is 23.0 Å². The molecular weight excluding hydrogens is 669 g/mol. The molecule has 10 rings (SSSR count). The van der Waals surface area contributed by atoms with Gasteiger partial charge in [-0.15, -0.1) is 11.3 Å². The van der Waals surface area contributed by atoms with Gasteiger partial charge in [-0.3, -0.25) is 4.99 Å². The van der Waals surface area contributed by atoms with Gasteiger partial charge in [-0.2, -0.15) is 0 Å². The molecule has 252 valence electrons. The van der Waals surface area contributed by atoms with Crippen molar-refractivity contribution in [1.29, 1.82) is 0 Å². The predicted molar refractivity (Wildman–Crippen MR) is 226 cm³/mol. The maximum absolute atomic E-state index is 6.44. The van der Waals surface area contributed by atoms with Gasteiger partial charge in [-0.25, -0.2) is 9.98 Å². The van der Waals surface area contributed by atoms with Crippen LogP contribution in [0.5, 0.6) is 0 Å². The average Bonchev–Trinajstić information content (AvgIpc) is 3.78. The molecule has 5 nitrogen and oxygen atoms in total. The van der Waals surface area contributed by atoms with Crippen molar-refractivity contribution in [2.24, 2.45) is 15.0 Å². The lowest BCUT2D eigenvalue weighted by Crippen LogP contribution is -2.08. The van der Waals surface area contributed by atoms with Crippen molar-refractivity contribution in [3.8, 4) is 5.69 Å². The number of hydrogen-bond donors (Lipinski definition) is 0. The summed E-state index contributed by atoms with van der Waals surface area (Å²) in [5, 5.41) is 6.94. The molecule has 1 aliphatic rings. The van der Waals surface area contributed by atoms with Gasteiger partial charge in [-0.05, 0) is 55.1 Å². The number of para-hydroxylation sites is 2. The molecule has 0 atom stereocenters. The van der Waals surface area contributed by atoms with Gasteiger partial charge in [0, 0.05) is 64.6 Å². The van der Waals surface area contributed by atoms with Crippen LogP contribution in [-0.2, 0) is 6.54 Å². The number of hydrogen-bond acceptors (Lipinski definition) is 3. The molecule has 0 saturated carbocycles. The molecule has 1 aliphatic carbocycles. The first-order valence-electron chi connectivity index (χ1n) is 17.7. The lowest BCUT2D eigenvalue weighted by Gasteiger charge is -2.13. The van der Waals surface area contributed by atoms with Gasteiger partial charge in [0.1, 0.15) is 11.2 Å². The van der Waals surface area contributed by atoms with Crippen LogP contribution in [0, 0.1) is 0 Å². The van der Waals surface area contributed by atoms with Crippen molar-refractivity contribution in [3.05, 3.63) is 174 Å². The molecule has 0 unspecified atom stereocenters. The third kappa shape index (κ3) is 5.34. The summed E-state index contributed by atoms with van der Waals surface area (Å²) >= 11 is 1.77. The summed E-state index contributed by atoms with van der Waals surface area (Å²) in [6, 6.07) is 44.9. The van der Waals surface area contributed by atoms with Gasteiger partial charge in [-0.1, -0.05) is 115 Å². The topological polar surface area (TPSA) is 55.1 Å². The zero-order chi connectivity index (χ0) is 35.3. The van der Waals surface area contributed by atoms with Crippen molar-refractivity contribution in [2.45, 2.75) is 13.0 Å². The molecule has 0 saturated heterocycles. The third-order valence-electron chi connectivity index (χ3n) is 10.0. The number of aliphatic imine (C=N–C) groups is 3. The Morgan fingerprint density at radius 1 is 0.660 bits per heavy atom. The Kier molecular flexibility index (Phi) is 7.55. The molecule has 0 amide bonds. The molecule has 0 aliphatic heterocycles. The number of rotatable bonds is 5. The highest BCUT2D eigenvalue weighted by molar-refractivity contribution is 7.26. The molecule has 0 radical (unpaired) electrons. The van der Waals surface area contributed by atoms with Gasteiger partial charge in [0.15, 0.2) is 11.7 Å². The Labute approximate surface area is 309 Å². The van der Waals surface area contributed by atoms with Crippen molar-refractivity contribution in [3.63, 3.8) is 0 Å². The molecule has 0 N–H and O–H groups in total. The van der Waals surface area contributed by atoms with E-state index >= 15 is 0 Å². The number of aromatic nitrogens is 1. The SMILES string of the molecule is C=NC(=NC(=NCc1ccccc1)c1cc(-n2c3ccccc3c3cc4c(cc32)oc2ccccc24)cc2c1sc1ccccc12)C1=CC=CC=CC1. The number of allylic oxidation sites excluding steroid dienone is 5. The fourth-order valence-electron chi connectivity index (χ4n) is 7.56. The van der Waals surface area contributed by atoms with Gasteiger partial charge < -0.3 is 8.98 Å². The van der Waals surface area contributed by atoms with E-state index in [1.165, 1.54) is 20.9 Å². The van der Waals surface area contributed by atoms with E-state index in [2.05, 4.69) is 125 Å². The highest BCUT2D eigenvalue weighted by Gasteiger charge is 2.21. The Bertz CT molecular complexity index is 3080. The summed E-state index contributed by atoms with van der Waals surface area (Å²) in [4.78, 5) is 15.0. The van der Waals surface area contributed by atoms with Crippen LogP contribution in [0.4, 0.5) is 0 Å². The van der Waals surface area contributed by atoms with Crippen molar-refractivity contribution >= 4 is 93.6 Å². The third-order valence-corrected chi connectivity index (χ3v) is 11.2. The number of amidine groups is 2. The second-order valence-corrected chi connectivity index (χ2v) is 14.3. The summed E-state index contributed by atoms with van der Waals surface area (Å²) in [6.07, 6.45) is 11.0. The molecule has 3 heterocycles. The van der Waals surface area contributed by atoms with Crippen LogP contribution in [0.1, 0.15) is 17.5 Å². The highest BCUT2D eigenvalue weighted by Crippen LogP contribution is 2.42. The predicted octanol–water partition coefficient (Wildman–Crippen LogP) is 12.5. The van der Waals surface area contributed by atoms with Crippen LogP contribution in [0.15, 0.2) is 183 Å². The van der Waals surface area contributed by atoms with Crippen molar-refractivity contribution < 1.29 is 4.42 Å². The standard InChI is InChI=1S/C47H32N4OS/c1-48-46(31-17-7-2-3-8-18-31)50-47(49-29-30-15-5-4-6-16-30)39-26-32(25-38-35-21-11-14-24-44(35)53-45(38)39)51-40-22-12-9-19-33(40)36-27-37-34-20-10-13-23-42(34)52-43(37)28-41(36)51/h2-17,19-28H,1,18,29H2. The Morgan fingerprint density at radius 3 is 2.34 bits per heavy atom. The van der Waals surface area contributed by atoms with E-state index in [1.54, 1.807) is 11.3 Å². The first kappa shape index (κ1) is 31.1. The second-order valence-electron chi connectivity index (χ2n) is 13.2. The Morgan fingerprint density at radius 2 is 1.45 bits per heavy atom. The minimum Gasteiger partial charge on any atom is -0.456 e. The summed E-state index contributed by atoms with van der Waals surface area (Å²) in [6.45, 7) is 4.43. The van der Waals surface area contributed by atoms with Crippen LogP contribution in [0.2, 0.25) is 0 Å². The van der Waals surface area contributed by atoms with E-state index < -0.39 is 0 Å². The number of nitrogens with zero attached hydrogens (tertiary/aromatic N) is 4. The maximum atomic E-state index is 6.44. The van der Waals surface area contributed by atoms with Gasteiger partial charge >= 0.3 is 0 Å². The number of thiophene rings is 1. The molecule has 53 heavy (non-hydrogen) atoms. The maximum Gasteiger partial charge on any atom is 0.158 e. The summed E-state index contributed by atoms with van der Waals surface area (Å²) < 4.78 is 11.1. The summed E-state index contributed by atoms with van der Waals surface area (Å²) in [5.74, 6) is 1.19. The first-order valence-corrected chi connectivity index (χ1v) is 18.5. The molecule has 0 spiro atoms. The molecular formula is C47H32N4OS. The Hall–Kier alpha value is -6.63. The average molecular weight is 701 g/mol. The number of benzene rings is 6. The molecule has 0 bridgehead atoms. The molecule has 6 heteroatoms. The normalized spacial score (nSPS) is 13.9. The van der Waals surface area contributed by atoms with E-state index in [0.717, 1.165) is 65.4 Å². The van der Waals surface area contributed by atoms with Gasteiger partial charge in [0.05, 0.1) is 17.6 Å². The minimum atomic E-state index is 0.471. The fraction of sp³-hybridized carbons (Fsp3) is 0.0426. The zero-order valence-corrected chi connectivity index (χ0v) is 29.6. The quantitative estimate of drug-likeness (QED) is 0.130. The zero-order valence-electron chi connectivity index (χ0n) is 28.7. The minimum absolute atomic E-state index is 0.471. The van der Waals surface area contributed by atoms with E-state index in [1.807, 2.05) is 48.6 Å². The fourth-order valence-corrected chi connectivity index (χ4v) is 8.75. The van der Waals surface area contributed by atoms with Crippen LogP contribution < -0.4 is 0 Å². The van der Waals surface area contributed by atoms with E-state index in [9.17, 15) is 0 Å². The largest absolute Gasteiger partial charge is 0.456 e. The Balaban J connectivity index is 1.28. The van der Waals surface area contributed by atoms with Gasteiger partial charge in [0.25, 0.3) is 0 Å². The lowest BCUT2D eigenvalue weighted by molar-refractivity contribution is 0.669.